The van der Waals surface area contributed by atoms with Crippen LogP contribution in [0.1, 0.15) is 35.0 Å². The number of hydrogen-bond acceptors (Lipinski definition) is 9. The van der Waals surface area contributed by atoms with Gasteiger partial charge in [-0.2, -0.15) is 0 Å². The molecule has 0 saturated carbocycles. The van der Waals surface area contributed by atoms with Crippen molar-refractivity contribution in [1.82, 2.24) is 25.7 Å². The van der Waals surface area contributed by atoms with Crippen LogP contribution in [-0.2, 0) is 17.9 Å². The van der Waals surface area contributed by atoms with Crippen molar-refractivity contribution in [3.05, 3.63) is 59.4 Å². The van der Waals surface area contributed by atoms with Crippen LogP contribution in [0.15, 0.2) is 51.3 Å². The summed E-state index contributed by atoms with van der Waals surface area (Å²) in [7, 11) is 1.54. The lowest BCUT2D eigenvalue weighted by atomic mass is 10.1. The number of ether oxygens (including phenoxy) is 1. The predicted octanol–water partition coefficient (Wildman–Crippen LogP) is 3.30. The highest BCUT2D eigenvalue weighted by Crippen LogP contribution is 2.28. The second-order valence-corrected chi connectivity index (χ2v) is 8.64. The fraction of sp³-hybridized carbons (Fsp3) is 0.269. The highest BCUT2D eigenvalue weighted by atomic mass is 16.5. The number of fused-ring (bicyclic) bond motifs is 2. The lowest BCUT2D eigenvalue weighted by molar-refractivity contribution is -0.120. The normalized spacial score (nSPS) is 12.5. The minimum absolute atomic E-state index is 0.0111. The second kappa shape index (κ2) is 10.6. The van der Waals surface area contributed by atoms with Crippen molar-refractivity contribution in [3.8, 4) is 17.2 Å². The predicted molar refractivity (Wildman–Crippen MR) is 136 cm³/mol. The van der Waals surface area contributed by atoms with Crippen molar-refractivity contribution in [2.24, 2.45) is 0 Å². The van der Waals surface area contributed by atoms with Crippen LogP contribution in [0.3, 0.4) is 0 Å². The van der Waals surface area contributed by atoms with E-state index in [0.717, 1.165) is 10.9 Å². The Kier molecular flexibility index (Phi) is 6.94. The first-order chi connectivity index (χ1) is 18.4. The quantitative estimate of drug-likeness (QED) is 0.303. The maximum absolute atomic E-state index is 12.6. The zero-order valence-electron chi connectivity index (χ0n) is 20.9. The Morgan fingerprint density at radius 1 is 1.11 bits per heavy atom. The van der Waals surface area contributed by atoms with Crippen LogP contribution in [0.5, 0.6) is 5.75 Å². The molecule has 0 saturated heterocycles. The number of methoxy groups -OCH3 is 1. The molecular formula is C26H26N6O6. The van der Waals surface area contributed by atoms with E-state index in [1.807, 2.05) is 25.1 Å². The van der Waals surface area contributed by atoms with Crippen molar-refractivity contribution in [3.63, 3.8) is 0 Å². The maximum Gasteiger partial charge on any atom is 0.321 e. The summed E-state index contributed by atoms with van der Waals surface area (Å²) in [5.41, 5.74) is 2.73. The van der Waals surface area contributed by atoms with Crippen LogP contribution in [0.25, 0.3) is 22.4 Å². The molecule has 3 heterocycles. The third kappa shape index (κ3) is 5.28. The van der Waals surface area contributed by atoms with E-state index in [0.29, 0.717) is 53.2 Å². The molecule has 4 aromatic rings. The smallest absolute Gasteiger partial charge is 0.321 e. The Labute approximate surface area is 217 Å². The van der Waals surface area contributed by atoms with Crippen molar-refractivity contribution in [2.75, 3.05) is 25.5 Å². The zero-order chi connectivity index (χ0) is 26.6. The number of rotatable bonds is 9. The fourth-order valence-electron chi connectivity index (χ4n) is 4.15. The molecule has 1 aliphatic rings. The lowest BCUT2D eigenvalue weighted by Crippen LogP contribution is -2.40. The van der Waals surface area contributed by atoms with E-state index in [9.17, 15) is 14.4 Å². The van der Waals surface area contributed by atoms with Gasteiger partial charge >= 0.3 is 12.0 Å². The molecule has 0 fully saturated rings. The first-order valence-corrected chi connectivity index (χ1v) is 12.1. The van der Waals surface area contributed by atoms with Gasteiger partial charge in [0.25, 0.3) is 5.91 Å². The summed E-state index contributed by atoms with van der Waals surface area (Å²) in [5, 5.41) is 16.6. The number of carbonyl (C=O) groups is 3. The highest BCUT2D eigenvalue weighted by Gasteiger charge is 2.28. The van der Waals surface area contributed by atoms with Gasteiger partial charge in [-0.15, -0.1) is 5.10 Å². The summed E-state index contributed by atoms with van der Waals surface area (Å²) in [5.74, 6) is 0.810. The van der Waals surface area contributed by atoms with Gasteiger partial charge < -0.3 is 29.1 Å². The van der Waals surface area contributed by atoms with Crippen molar-refractivity contribution < 1.29 is 28.0 Å². The standard InChI is InChI=1S/C26H26N6O6/c1-3-27-26-31-30-23(38-26)16-5-4-15-10-19(37-21(15)11-16)13-28-25(35)29-22(33)8-9-32-14-17-6-7-18(36-2)12-20(17)24(32)34/h4-7,10-12H,3,8-9,13-14H2,1-2H3,(H,27,31)(H2,28,29,33,35). The Balaban J connectivity index is 1.10. The number of furan rings is 1. The van der Waals surface area contributed by atoms with Gasteiger partial charge in [-0.25, -0.2) is 4.79 Å². The first kappa shape index (κ1) is 24.8. The van der Waals surface area contributed by atoms with Crippen LogP contribution in [0.2, 0.25) is 0 Å². The van der Waals surface area contributed by atoms with Gasteiger partial charge in [0.1, 0.15) is 17.1 Å². The number of benzene rings is 2. The van der Waals surface area contributed by atoms with Gasteiger partial charge in [0.15, 0.2) is 0 Å². The topological polar surface area (TPSA) is 152 Å². The highest BCUT2D eigenvalue weighted by molar-refractivity contribution is 5.99. The monoisotopic (exact) mass is 518 g/mol. The number of nitrogens with one attached hydrogen (secondary N) is 3. The van der Waals surface area contributed by atoms with Gasteiger partial charge in [-0.3, -0.25) is 14.9 Å². The number of aromatic nitrogens is 2. The van der Waals surface area contributed by atoms with Crippen LogP contribution in [0.4, 0.5) is 10.8 Å². The van der Waals surface area contributed by atoms with E-state index in [2.05, 4.69) is 26.1 Å². The molecule has 0 aliphatic carbocycles. The summed E-state index contributed by atoms with van der Waals surface area (Å²) in [6, 6.07) is 12.3. The molecule has 2 aromatic heterocycles. The molecule has 2 aromatic carbocycles. The fourth-order valence-corrected chi connectivity index (χ4v) is 4.15. The number of nitrogens with zero attached hydrogens (tertiary/aromatic N) is 3. The maximum atomic E-state index is 12.6. The molecule has 0 spiro atoms. The Morgan fingerprint density at radius 3 is 2.79 bits per heavy atom. The lowest BCUT2D eigenvalue weighted by Gasteiger charge is -2.15. The SMILES string of the molecule is CCNc1nnc(-c2ccc3cc(CNC(=O)NC(=O)CCN4Cc5ccc(OC)cc5C4=O)oc3c2)o1. The van der Waals surface area contributed by atoms with E-state index >= 15 is 0 Å². The summed E-state index contributed by atoms with van der Waals surface area (Å²) < 4.78 is 16.6. The molecule has 12 heteroatoms. The van der Waals surface area contributed by atoms with Gasteiger partial charge in [0.2, 0.25) is 11.8 Å². The van der Waals surface area contributed by atoms with E-state index < -0.39 is 11.9 Å². The van der Waals surface area contributed by atoms with Crippen LogP contribution >= 0.6 is 0 Å². The van der Waals surface area contributed by atoms with Gasteiger partial charge in [-0.05, 0) is 42.8 Å². The Bertz CT molecular complexity index is 1510. The Morgan fingerprint density at radius 2 is 1.97 bits per heavy atom. The third-order valence-electron chi connectivity index (χ3n) is 6.05. The number of carbonyl (C=O) groups excluding carboxylic acids is 3. The molecule has 1 aliphatic heterocycles. The number of hydrogen-bond donors (Lipinski definition) is 3. The summed E-state index contributed by atoms with van der Waals surface area (Å²) >= 11 is 0. The summed E-state index contributed by atoms with van der Waals surface area (Å²) in [4.78, 5) is 38.7. The average molecular weight is 519 g/mol. The van der Waals surface area contributed by atoms with E-state index in [1.54, 1.807) is 29.2 Å². The molecule has 0 radical (unpaired) electrons. The molecule has 3 N–H and O–H groups in total. The van der Waals surface area contributed by atoms with E-state index in [4.69, 9.17) is 13.6 Å². The first-order valence-electron chi connectivity index (χ1n) is 12.1. The van der Waals surface area contributed by atoms with Crippen LogP contribution < -0.4 is 20.7 Å². The number of anilines is 1. The molecule has 5 rings (SSSR count). The van der Waals surface area contributed by atoms with Crippen LogP contribution in [0, 0.1) is 0 Å². The van der Waals surface area contributed by atoms with E-state index in [-0.39, 0.29) is 25.4 Å². The zero-order valence-corrected chi connectivity index (χ0v) is 20.9. The third-order valence-corrected chi connectivity index (χ3v) is 6.05. The molecule has 0 unspecified atom stereocenters. The van der Waals surface area contributed by atoms with Crippen molar-refractivity contribution in [1.29, 1.82) is 0 Å². The summed E-state index contributed by atoms with van der Waals surface area (Å²) in [6.45, 7) is 3.28. The molecule has 0 bridgehead atoms. The molecule has 4 amide bonds. The number of amides is 4. The van der Waals surface area contributed by atoms with Gasteiger partial charge in [0, 0.05) is 42.6 Å². The van der Waals surface area contributed by atoms with Gasteiger partial charge in [-0.1, -0.05) is 17.2 Å². The Hall–Kier alpha value is -4.87. The largest absolute Gasteiger partial charge is 0.497 e. The molecule has 196 valence electrons. The van der Waals surface area contributed by atoms with Crippen molar-refractivity contribution >= 4 is 34.8 Å². The second-order valence-electron chi connectivity index (χ2n) is 8.64. The summed E-state index contributed by atoms with van der Waals surface area (Å²) in [6.07, 6.45) is -0.0111. The average Bonchev–Trinajstić information content (AvgIpc) is 3.63. The molecular weight excluding hydrogens is 492 g/mol. The minimum atomic E-state index is -0.654. The van der Waals surface area contributed by atoms with Crippen LogP contribution in [-0.4, -0.2) is 53.1 Å². The minimum Gasteiger partial charge on any atom is -0.497 e. The molecule has 38 heavy (non-hydrogen) atoms. The molecule has 12 nitrogen and oxygen atoms in total. The molecule has 0 atom stereocenters. The van der Waals surface area contributed by atoms with E-state index in [1.165, 1.54) is 7.11 Å². The van der Waals surface area contributed by atoms with Gasteiger partial charge in [0.05, 0.1) is 13.7 Å². The number of imide groups is 1. The van der Waals surface area contributed by atoms with Crippen molar-refractivity contribution in [2.45, 2.75) is 26.4 Å². The number of urea groups is 1.